The molecule has 0 bridgehead atoms. The molecule has 1 heterocycles. The largest absolute Gasteiger partial charge is 0.324 e. The van der Waals surface area contributed by atoms with Gasteiger partial charge in [0.25, 0.3) is 0 Å². The Kier molecular flexibility index (Phi) is 7.19. The fourth-order valence-electron chi connectivity index (χ4n) is 1.96. The molecule has 0 aliphatic heterocycles. The molecule has 6 nitrogen and oxygen atoms in total. The van der Waals surface area contributed by atoms with Crippen molar-refractivity contribution in [3.05, 3.63) is 51.0 Å². The first-order valence-electron chi connectivity index (χ1n) is 7.18. The van der Waals surface area contributed by atoms with Crippen molar-refractivity contribution >= 4 is 62.5 Å². The molecule has 2 amide bonds. The van der Waals surface area contributed by atoms with Gasteiger partial charge in [-0.25, -0.2) is 4.98 Å². The smallest absolute Gasteiger partial charge is 0.239 e. The van der Waals surface area contributed by atoms with E-state index in [1.54, 1.807) is 48.5 Å². The standard InChI is InChI=1S/C16H15BrCl2N4O2/c1-23(9-16(25)22-14-5-2-10(17)7-20-14)8-15(24)21-13-6-11(18)3-4-12(13)19/h2-7H,8-9H2,1H3,(H,21,24)(H,20,22,25). The number of amides is 2. The van der Waals surface area contributed by atoms with Gasteiger partial charge < -0.3 is 10.6 Å². The summed E-state index contributed by atoms with van der Waals surface area (Å²) < 4.78 is 0.818. The van der Waals surface area contributed by atoms with Crippen molar-refractivity contribution in [1.82, 2.24) is 9.88 Å². The number of carbonyl (C=O) groups is 2. The zero-order valence-electron chi connectivity index (χ0n) is 13.2. The van der Waals surface area contributed by atoms with E-state index >= 15 is 0 Å². The third-order valence-corrected chi connectivity index (χ3v) is 4.06. The van der Waals surface area contributed by atoms with Crippen LogP contribution < -0.4 is 10.6 Å². The molecule has 0 aliphatic carbocycles. The maximum absolute atomic E-state index is 12.1. The summed E-state index contributed by atoms with van der Waals surface area (Å²) in [6.45, 7) is 0.0540. The maximum Gasteiger partial charge on any atom is 0.239 e. The van der Waals surface area contributed by atoms with Crippen molar-refractivity contribution in [1.29, 1.82) is 0 Å². The molecular formula is C16H15BrCl2N4O2. The van der Waals surface area contributed by atoms with Crippen LogP contribution in [0, 0.1) is 0 Å². The Morgan fingerprint density at radius 1 is 1.12 bits per heavy atom. The van der Waals surface area contributed by atoms with Crippen molar-refractivity contribution in [2.45, 2.75) is 0 Å². The van der Waals surface area contributed by atoms with Crippen LogP contribution in [0.2, 0.25) is 10.0 Å². The second-order valence-corrected chi connectivity index (χ2v) is 7.01. The van der Waals surface area contributed by atoms with Gasteiger partial charge in [-0.15, -0.1) is 0 Å². The van der Waals surface area contributed by atoms with Gasteiger partial charge in [0, 0.05) is 15.7 Å². The van der Waals surface area contributed by atoms with Crippen LogP contribution in [0.5, 0.6) is 0 Å². The fraction of sp³-hybridized carbons (Fsp3) is 0.188. The number of nitrogens with zero attached hydrogens (tertiary/aromatic N) is 2. The van der Waals surface area contributed by atoms with Crippen LogP contribution in [-0.2, 0) is 9.59 Å². The van der Waals surface area contributed by atoms with Crippen LogP contribution in [-0.4, -0.2) is 41.8 Å². The topological polar surface area (TPSA) is 74.3 Å². The molecule has 2 N–H and O–H groups in total. The van der Waals surface area contributed by atoms with E-state index in [0.717, 1.165) is 4.47 Å². The van der Waals surface area contributed by atoms with Gasteiger partial charge in [0.05, 0.1) is 23.8 Å². The lowest BCUT2D eigenvalue weighted by Gasteiger charge is -2.16. The van der Waals surface area contributed by atoms with Crippen LogP contribution in [0.25, 0.3) is 0 Å². The van der Waals surface area contributed by atoms with Crippen molar-refractivity contribution < 1.29 is 9.59 Å². The first-order valence-corrected chi connectivity index (χ1v) is 8.73. The Morgan fingerprint density at radius 2 is 1.80 bits per heavy atom. The molecule has 0 radical (unpaired) electrons. The zero-order chi connectivity index (χ0) is 18.4. The molecule has 9 heteroatoms. The molecule has 0 atom stereocenters. The number of benzene rings is 1. The van der Waals surface area contributed by atoms with E-state index in [4.69, 9.17) is 23.2 Å². The predicted octanol–water partition coefficient (Wildman–Crippen LogP) is 3.66. The second kappa shape index (κ2) is 9.15. The summed E-state index contributed by atoms with van der Waals surface area (Å²) in [6.07, 6.45) is 1.58. The summed E-state index contributed by atoms with van der Waals surface area (Å²) in [4.78, 5) is 29.7. The summed E-state index contributed by atoms with van der Waals surface area (Å²) >= 11 is 15.2. The minimum Gasteiger partial charge on any atom is -0.324 e. The van der Waals surface area contributed by atoms with Crippen molar-refractivity contribution in [2.75, 3.05) is 30.8 Å². The summed E-state index contributed by atoms with van der Waals surface area (Å²) in [6, 6.07) is 8.24. The fourth-order valence-corrected chi connectivity index (χ4v) is 2.53. The molecule has 0 unspecified atom stereocenters. The van der Waals surface area contributed by atoms with Crippen LogP contribution in [0.4, 0.5) is 11.5 Å². The summed E-state index contributed by atoms with van der Waals surface area (Å²) in [5, 5.41) is 6.18. The average molecular weight is 446 g/mol. The SMILES string of the molecule is CN(CC(=O)Nc1ccc(Br)cn1)CC(=O)Nc1cc(Cl)ccc1Cl. The van der Waals surface area contributed by atoms with Gasteiger partial charge >= 0.3 is 0 Å². The Labute approximate surface area is 163 Å². The molecule has 1 aromatic carbocycles. The highest BCUT2D eigenvalue weighted by Crippen LogP contribution is 2.25. The Morgan fingerprint density at radius 3 is 2.44 bits per heavy atom. The molecule has 0 saturated heterocycles. The predicted molar refractivity (Wildman–Crippen MR) is 103 cm³/mol. The normalized spacial score (nSPS) is 10.6. The third kappa shape index (κ3) is 6.62. The van der Waals surface area contributed by atoms with E-state index in [1.807, 2.05) is 0 Å². The van der Waals surface area contributed by atoms with Gasteiger partial charge in [0.2, 0.25) is 11.8 Å². The zero-order valence-corrected chi connectivity index (χ0v) is 16.3. The Bertz CT molecular complexity index is 771. The van der Waals surface area contributed by atoms with E-state index in [-0.39, 0.29) is 24.9 Å². The maximum atomic E-state index is 12.1. The van der Waals surface area contributed by atoms with Gasteiger partial charge in [-0.2, -0.15) is 0 Å². The van der Waals surface area contributed by atoms with E-state index in [0.29, 0.717) is 21.6 Å². The molecule has 0 spiro atoms. The third-order valence-electron chi connectivity index (χ3n) is 3.02. The summed E-state index contributed by atoms with van der Waals surface area (Å²) in [5.41, 5.74) is 0.427. The first-order chi connectivity index (χ1) is 11.8. The minimum atomic E-state index is -0.304. The van der Waals surface area contributed by atoms with E-state index in [1.165, 1.54) is 0 Å². The molecule has 2 rings (SSSR count). The average Bonchev–Trinajstić information content (AvgIpc) is 2.52. The number of halogens is 3. The van der Waals surface area contributed by atoms with Gasteiger partial charge in [-0.05, 0) is 53.3 Å². The highest BCUT2D eigenvalue weighted by molar-refractivity contribution is 9.10. The number of aromatic nitrogens is 1. The summed E-state index contributed by atoms with van der Waals surface area (Å²) in [5.74, 6) is -0.135. The molecule has 1 aromatic heterocycles. The number of hydrogen-bond acceptors (Lipinski definition) is 4. The second-order valence-electron chi connectivity index (χ2n) is 5.25. The lowest BCUT2D eigenvalue weighted by atomic mass is 10.3. The van der Waals surface area contributed by atoms with Gasteiger partial charge in [-0.1, -0.05) is 23.2 Å². The number of rotatable bonds is 6. The molecule has 132 valence electrons. The van der Waals surface area contributed by atoms with Crippen LogP contribution in [0.3, 0.4) is 0 Å². The van der Waals surface area contributed by atoms with Crippen molar-refractivity contribution in [2.24, 2.45) is 0 Å². The van der Waals surface area contributed by atoms with Crippen molar-refractivity contribution in [3.63, 3.8) is 0 Å². The quantitative estimate of drug-likeness (QED) is 0.711. The van der Waals surface area contributed by atoms with E-state index in [2.05, 4.69) is 31.5 Å². The number of carbonyl (C=O) groups excluding carboxylic acids is 2. The molecule has 2 aromatic rings. The van der Waals surface area contributed by atoms with Gasteiger partial charge in [-0.3, -0.25) is 14.5 Å². The Balaban J connectivity index is 1.83. The lowest BCUT2D eigenvalue weighted by Crippen LogP contribution is -2.36. The van der Waals surface area contributed by atoms with E-state index in [9.17, 15) is 9.59 Å². The van der Waals surface area contributed by atoms with E-state index < -0.39 is 0 Å². The summed E-state index contributed by atoms with van der Waals surface area (Å²) in [7, 11) is 1.66. The molecule has 0 aliphatic rings. The van der Waals surface area contributed by atoms with Gasteiger partial charge in [0.15, 0.2) is 0 Å². The molecule has 0 saturated carbocycles. The Hall–Kier alpha value is -1.67. The van der Waals surface area contributed by atoms with Crippen LogP contribution in [0.15, 0.2) is 41.0 Å². The molecule has 0 fully saturated rings. The highest BCUT2D eigenvalue weighted by Gasteiger charge is 2.13. The van der Waals surface area contributed by atoms with Crippen LogP contribution in [0.1, 0.15) is 0 Å². The highest BCUT2D eigenvalue weighted by atomic mass is 79.9. The number of anilines is 2. The minimum absolute atomic E-state index is 0.0179. The molecular weight excluding hydrogens is 431 g/mol. The number of likely N-dealkylation sites (N-methyl/N-ethyl adjacent to an activating group) is 1. The van der Waals surface area contributed by atoms with Crippen molar-refractivity contribution in [3.8, 4) is 0 Å². The van der Waals surface area contributed by atoms with Crippen LogP contribution >= 0.6 is 39.1 Å². The number of pyridine rings is 1. The lowest BCUT2D eigenvalue weighted by molar-refractivity contribution is -0.119. The number of hydrogen-bond donors (Lipinski definition) is 2. The first kappa shape index (κ1) is 19.7. The monoisotopic (exact) mass is 444 g/mol. The number of nitrogens with one attached hydrogen (secondary N) is 2. The molecule has 25 heavy (non-hydrogen) atoms. The van der Waals surface area contributed by atoms with Gasteiger partial charge in [0.1, 0.15) is 5.82 Å².